The predicted molar refractivity (Wildman–Crippen MR) is 71.9 cm³/mol. The summed E-state index contributed by atoms with van der Waals surface area (Å²) in [5.41, 5.74) is 1.79. The van der Waals surface area contributed by atoms with E-state index in [9.17, 15) is 4.79 Å². The number of aromatic nitrogens is 1. The molecule has 1 aromatic heterocycles. The van der Waals surface area contributed by atoms with Crippen LogP contribution in [0.1, 0.15) is 16.6 Å². The van der Waals surface area contributed by atoms with Gasteiger partial charge in [-0.2, -0.15) is 0 Å². The molecule has 0 fully saturated rings. The molecule has 0 radical (unpaired) electrons. The lowest BCUT2D eigenvalue weighted by molar-refractivity contribution is -0.131. The van der Waals surface area contributed by atoms with Crippen LogP contribution >= 0.6 is 0 Å². The minimum atomic E-state index is -2.11. The SMILES string of the molecule is [2H]C([2H])([2H])N(C)CCc1c[nH]c2cccc(OC(C)=O)c12. The minimum absolute atomic E-state index is 0.380. The average molecular weight is 249 g/mol. The van der Waals surface area contributed by atoms with Crippen molar-refractivity contribution in [3.05, 3.63) is 30.0 Å². The van der Waals surface area contributed by atoms with Crippen LogP contribution in [0, 0.1) is 0 Å². The molecule has 1 N–H and O–H groups in total. The zero-order chi connectivity index (χ0) is 15.6. The fourth-order valence-corrected chi connectivity index (χ4v) is 1.94. The highest BCUT2D eigenvalue weighted by atomic mass is 16.5. The van der Waals surface area contributed by atoms with Crippen molar-refractivity contribution in [2.45, 2.75) is 13.3 Å². The monoisotopic (exact) mass is 249 g/mol. The Kier molecular flexibility index (Phi) is 2.66. The van der Waals surface area contributed by atoms with E-state index in [1.54, 1.807) is 19.2 Å². The molecule has 96 valence electrons. The number of carbonyl (C=O) groups excluding carboxylic acids is 1. The Hall–Kier alpha value is -1.81. The van der Waals surface area contributed by atoms with E-state index in [-0.39, 0.29) is 5.97 Å². The number of nitrogens with zero attached hydrogens (tertiary/aromatic N) is 1. The second-order valence-corrected chi connectivity index (χ2v) is 4.26. The summed E-state index contributed by atoms with van der Waals surface area (Å²) >= 11 is 0. The maximum absolute atomic E-state index is 11.2. The normalized spacial score (nSPS) is 14.3. The molecular weight excluding hydrogens is 228 g/mol. The number of carbonyl (C=O) groups is 1. The third-order valence-electron chi connectivity index (χ3n) is 2.72. The number of hydrogen-bond donors (Lipinski definition) is 1. The summed E-state index contributed by atoms with van der Waals surface area (Å²) in [7, 11) is 1.56. The number of rotatable bonds is 4. The molecule has 2 rings (SSSR count). The van der Waals surface area contributed by atoms with Gasteiger partial charge in [0, 0.05) is 34.7 Å². The molecule has 4 heteroatoms. The molecule has 18 heavy (non-hydrogen) atoms. The quantitative estimate of drug-likeness (QED) is 0.667. The van der Waals surface area contributed by atoms with E-state index in [4.69, 9.17) is 8.85 Å². The molecule has 2 aromatic rings. The molecule has 1 aromatic carbocycles. The van der Waals surface area contributed by atoms with Crippen LogP contribution in [-0.4, -0.2) is 36.4 Å². The number of hydrogen-bond acceptors (Lipinski definition) is 3. The summed E-state index contributed by atoms with van der Waals surface area (Å²) in [6.45, 7) is -0.365. The van der Waals surface area contributed by atoms with Gasteiger partial charge in [0.15, 0.2) is 0 Å². The first-order valence-corrected chi connectivity index (χ1v) is 5.77. The lowest BCUT2D eigenvalue weighted by Gasteiger charge is -2.09. The van der Waals surface area contributed by atoms with Crippen LogP contribution in [0.2, 0.25) is 0 Å². The molecule has 0 aliphatic rings. The second kappa shape index (κ2) is 5.23. The van der Waals surface area contributed by atoms with Gasteiger partial charge in [0.1, 0.15) is 5.75 Å². The standard InChI is InChI=1S/C14H18N2O2/c1-10(17)18-13-6-4-5-12-14(13)11(9-15-12)7-8-16(2)3/h4-6,9,15H,7-8H2,1-3H3/i2D3. The first kappa shape index (κ1) is 9.16. The molecular formula is C14H18N2O2. The van der Waals surface area contributed by atoms with Gasteiger partial charge in [0.05, 0.1) is 0 Å². The summed E-state index contributed by atoms with van der Waals surface area (Å²) in [6.07, 6.45) is 2.37. The molecule has 0 atom stereocenters. The van der Waals surface area contributed by atoms with Crippen LogP contribution in [0.3, 0.4) is 0 Å². The molecule has 0 aliphatic heterocycles. The van der Waals surface area contributed by atoms with E-state index >= 15 is 0 Å². The second-order valence-electron chi connectivity index (χ2n) is 4.26. The molecule has 0 saturated heterocycles. The first-order chi connectivity index (χ1) is 9.79. The topological polar surface area (TPSA) is 45.3 Å². The highest BCUT2D eigenvalue weighted by Gasteiger charge is 2.11. The Labute approximate surface area is 111 Å². The van der Waals surface area contributed by atoms with Crippen LogP contribution in [0.5, 0.6) is 5.75 Å². The van der Waals surface area contributed by atoms with Crippen LogP contribution in [0.25, 0.3) is 10.9 Å². The fourth-order valence-electron chi connectivity index (χ4n) is 1.94. The Morgan fingerprint density at radius 3 is 3.11 bits per heavy atom. The van der Waals surface area contributed by atoms with E-state index in [2.05, 4.69) is 4.98 Å². The highest BCUT2D eigenvalue weighted by molar-refractivity contribution is 5.91. The summed E-state index contributed by atoms with van der Waals surface area (Å²) in [5.74, 6) is 0.113. The third-order valence-corrected chi connectivity index (χ3v) is 2.72. The molecule has 4 nitrogen and oxygen atoms in total. The van der Waals surface area contributed by atoms with Gasteiger partial charge in [0.25, 0.3) is 0 Å². The van der Waals surface area contributed by atoms with Crippen LogP contribution in [0.4, 0.5) is 0 Å². The van der Waals surface area contributed by atoms with Gasteiger partial charge in [-0.1, -0.05) is 6.07 Å². The Morgan fingerprint density at radius 2 is 2.39 bits per heavy atom. The molecule has 1 heterocycles. The number of likely N-dealkylation sites (N-methyl/N-ethyl adjacent to an activating group) is 1. The number of nitrogens with one attached hydrogen (secondary N) is 1. The molecule has 0 bridgehead atoms. The largest absolute Gasteiger partial charge is 0.426 e. The van der Waals surface area contributed by atoms with Gasteiger partial charge in [-0.25, -0.2) is 0 Å². The van der Waals surface area contributed by atoms with E-state index in [1.165, 1.54) is 11.8 Å². The van der Waals surface area contributed by atoms with Gasteiger partial charge in [-0.3, -0.25) is 4.79 Å². The zero-order valence-corrected chi connectivity index (χ0v) is 10.5. The van der Waals surface area contributed by atoms with E-state index in [0.717, 1.165) is 16.5 Å². The lowest BCUT2D eigenvalue weighted by Crippen LogP contribution is -2.15. The predicted octanol–water partition coefficient (Wildman–Crippen LogP) is 2.20. The van der Waals surface area contributed by atoms with Crippen molar-refractivity contribution in [2.75, 3.05) is 20.6 Å². The lowest BCUT2D eigenvalue weighted by atomic mass is 10.1. The van der Waals surface area contributed by atoms with Gasteiger partial charge in [0.2, 0.25) is 0 Å². The smallest absolute Gasteiger partial charge is 0.308 e. The number of ether oxygens (including phenoxy) is 1. The molecule has 0 spiro atoms. The maximum Gasteiger partial charge on any atom is 0.308 e. The Bertz CT molecular complexity index is 649. The van der Waals surface area contributed by atoms with Crippen LogP contribution < -0.4 is 4.74 Å². The van der Waals surface area contributed by atoms with Gasteiger partial charge in [-0.05, 0) is 38.1 Å². The van der Waals surface area contributed by atoms with Crippen molar-refractivity contribution < 1.29 is 13.6 Å². The van der Waals surface area contributed by atoms with Gasteiger partial charge >= 0.3 is 5.97 Å². The van der Waals surface area contributed by atoms with Crippen molar-refractivity contribution in [1.82, 2.24) is 9.88 Å². The van der Waals surface area contributed by atoms with Crippen molar-refractivity contribution in [2.24, 2.45) is 0 Å². The van der Waals surface area contributed by atoms with E-state index < -0.39 is 6.98 Å². The summed E-state index contributed by atoms with van der Waals surface area (Å²) in [5, 5.41) is 0.826. The first-order valence-electron chi connectivity index (χ1n) is 7.27. The number of H-pyrrole nitrogens is 1. The van der Waals surface area contributed by atoms with Crippen LogP contribution in [-0.2, 0) is 11.2 Å². The highest BCUT2D eigenvalue weighted by Crippen LogP contribution is 2.29. The Balaban J connectivity index is 2.26. The third kappa shape index (κ3) is 2.71. The van der Waals surface area contributed by atoms with E-state index in [1.807, 2.05) is 12.3 Å². The molecule has 0 unspecified atom stereocenters. The summed E-state index contributed by atoms with van der Waals surface area (Å²) < 4.78 is 27.3. The summed E-state index contributed by atoms with van der Waals surface area (Å²) in [6, 6.07) is 5.42. The van der Waals surface area contributed by atoms with Crippen molar-refractivity contribution in [1.29, 1.82) is 0 Å². The maximum atomic E-state index is 11.2. The van der Waals surface area contributed by atoms with Gasteiger partial charge in [-0.15, -0.1) is 0 Å². The summed E-state index contributed by atoms with van der Waals surface area (Å²) in [4.78, 5) is 15.6. The number of benzene rings is 1. The molecule has 0 amide bonds. The van der Waals surface area contributed by atoms with Crippen molar-refractivity contribution in [3.63, 3.8) is 0 Å². The number of esters is 1. The minimum Gasteiger partial charge on any atom is -0.426 e. The zero-order valence-electron chi connectivity index (χ0n) is 13.5. The van der Waals surface area contributed by atoms with Crippen molar-refractivity contribution >= 4 is 16.9 Å². The fraction of sp³-hybridized carbons (Fsp3) is 0.357. The number of fused-ring (bicyclic) bond motifs is 1. The van der Waals surface area contributed by atoms with Crippen LogP contribution in [0.15, 0.2) is 24.4 Å². The Morgan fingerprint density at radius 1 is 1.56 bits per heavy atom. The van der Waals surface area contributed by atoms with Crippen molar-refractivity contribution in [3.8, 4) is 5.75 Å². The van der Waals surface area contributed by atoms with Gasteiger partial charge < -0.3 is 14.6 Å². The molecule has 0 aliphatic carbocycles. The van der Waals surface area contributed by atoms with E-state index in [0.29, 0.717) is 18.7 Å². The molecule has 0 saturated carbocycles. The number of aromatic amines is 1. The average Bonchev–Trinajstić information content (AvgIpc) is 2.78.